The first-order valence-corrected chi connectivity index (χ1v) is 8.10. The molecule has 21 heavy (non-hydrogen) atoms. The van der Waals surface area contributed by atoms with Crippen molar-refractivity contribution in [3.63, 3.8) is 0 Å². The first-order chi connectivity index (χ1) is 9.82. The molecular weight excluding hydrogens is 294 g/mol. The van der Waals surface area contributed by atoms with E-state index in [4.69, 9.17) is 9.88 Å². The van der Waals surface area contributed by atoms with Gasteiger partial charge in [-0.1, -0.05) is 6.92 Å². The Labute approximate surface area is 123 Å². The third-order valence-corrected chi connectivity index (χ3v) is 4.52. The number of nitrogens with one attached hydrogen (secondary N) is 2. The Bertz CT molecular complexity index is 645. The van der Waals surface area contributed by atoms with Crippen molar-refractivity contribution in [3.05, 3.63) is 18.2 Å². The van der Waals surface area contributed by atoms with Gasteiger partial charge in [0, 0.05) is 6.54 Å². The summed E-state index contributed by atoms with van der Waals surface area (Å²) in [7, 11) is -2.39. The molecule has 7 nitrogen and oxygen atoms in total. The standard InChI is InChI=1S/C13H19N3O4S/c1-8-6-15-7-10(8)13(17)16-11-5-9(21(14,18)19)3-4-12(11)20-2/h3-5,8,10,15H,6-7H2,1-2H3,(H,16,17)(H2,14,18,19)/t8-,10-/m1/s1. The second-order valence-electron chi connectivity index (χ2n) is 5.14. The molecule has 0 aromatic heterocycles. The van der Waals surface area contributed by atoms with Crippen LogP contribution in [0.2, 0.25) is 0 Å². The summed E-state index contributed by atoms with van der Waals surface area (Å²) >= 11 is 0. The second kappa shape index (κ2) is 6.00. The predicted octanol–water partition coefficient (Wildman–Crippen LogP) is 0.137. The van der Waals surface area contributed by atoms with E-state index in [9.17, 15) is 13.2 Å². The van der Waals surface area contributed by atoms with Gasteiger partial charge < -0.3 is 15.4 Å². The highest BCUT2D eigenvalue weighted by atomic mass is 32.2. The first-order valence-electron chi connectivity index (χ1n) is 6.55. The van der Waals surface area contributed by atoms with Crippen molar-refractivity contribution in [1.29, 1.82) is 0 Å². The number of carbonyl (C=O) groups is 1. The fourth-order valence-electron chi connectivity index (χ4n) is 2.35. The lowest BCUT2D eigenvalue weighted by molar-refractivity contribution is -0.120. The Kier molecular flexibility index (Phi) is 4.50. The molecule has 1 aromatic rings. The Morgan fingerprint density at radius 1 is 1.43 bits per heavy atom. The fraction of sp³-hybridized carbons (Fsp3) is 0.462. The molecule has 1 fully saturated rings. The molecule has 0 bridgehead atoms. The van der Waals surface area contributed by atoms with Gasteiger partial charge in [-0.2, -0.15) is 0 Å². The first kappa shape index (κ1) is 15.7. The zero-order valence-corrected chi connectivity index (χ0v) is 12.7. The molecule has 0 unspecified atom stereocenters. The molecule has 2 atom stereocenters. The molecule has 0 spiro atoms. The van der Waals surface area contributed by atoms with Gasteiger partial charge >= 0.3 is 0 Å². The highest BCUT2D eigenvalue weighted by Crippen LogP contribution is 2.28. The highest BCUT2D eigenvalue weighted by Gasteiger charge is 2.30. The summed E-state index contributed by atoms with van der Waals surface area (Å²) in [5, 5.41) is 11.0. The number of hydrogen-bond donors (Lipinski definition) is 3. The lowest BCUT2D eigenvalue weighted by atomic mass is 9.97. The van der Waals surface area contributed by atoms with E-state index in [0.29, 0.717) is 18.0 Å². The van der Waals surface area contributed by atoms with Crippen molar-refractivity contribution in [3.8, 4) is 5.75 Å². The van der Waals surface area contributed by atoms with Crippen LogP contribution < -0.4 is 20.5 Å². The zero-order valence-electron chi connectivity index (χ0n) is 11.9. The number of hydrogen-bond acceptors (Lipinski definition) is 5. The highest BCUT2D eigenvalue weighted by molar-refractivity contribution is 7.89. The number of ether oxygens (including phenoxy) is 1. The number of primary sulfonamides is 1. The Morgan fingerprint density at radius 3 is 2.67 bits per heavy atom. The van der Waals surface area contributed by atoms with Crippen molar-refractivity contribution < 1.29 is 17.9 Å². The Hall–Kier alpha value is -1.64. The van der Waals surface area contributed by atoms with Crippen LogP contribution >= 0.6 is 0 Å². The molecule has 1 saturated heterocycles. The van der Waals surface area contributed by atoms with Crippen LogP contribution in [0.3, 0.4) is 0 Å². The van der Waals surface area contributed by atoms with E-state index in [2.05, 4.69) is 10.6 Å². The normalized spacial score (nSPS) is 22.0. The molecule has 0 radical (unpaired) electrons. The summed E-state index contributed by atoms with van der Waals surface area (Å²) in [5.74, 6) is 0.275. The van der Waals surface area contributed by atoms with E-state index in [0.717, 1.165) is 6.54 Å². The van der Waals surface area contributed by atoms with Gasteiger partial charge in [0.15, 0.2) is 0 Å². The number of methoxy groups -OCH3 is 1. The van der Waals surface area contributed by atoms with Crippen LogP contribution in [0.15, 0.2) is 23.1 Å². The summed E-state index contributed by atoms with van der Waals surface area (Å²) in [6, 6.07) is 4.11. The van der Waals surface area contributed by atoms with Gasteiger partial charge in [-0.3, -0.25) is 4.79 Å². The van der Waals surface area contributed by atoms with E-state index in [1.807, 2.05) is 6.92 Å². The maximum Gasteiger partial charge on any atom is 0.238 e. The van der Waals surface area contributed by atoms with Crippen LogP contribution in [0.5, 0.6) is 5.75 Å². The Morgan fingerprint density at radius 2 is 2.14 bits per heavy atom. The molecule has 2 rings (SSSR count). The number of benzene rings is 1. The summed E-state index contributed by atoms with van der Waals surface area (Å²) in [4.78, 5) is 12.2. The zero-order chi connectivity index (χ0) is 15.6. The van der Waals surface area contributed by atoms with E-state index >= 15 is 0 Å². The van der Waals surface area contributed by atoms with Crippen LogP contribution in [0.4, 0.5) is 5.69 Å². The summed E-state index contributed by atoms with van der Waals surface area (Å²) in [6.45, 7) is 3.37. The van der Waals surface area contributed by atoms with Gasteiger partial charge in [-0.25, -0.2) is 13.6 Å². The molecule has 4 N–H and O–H groups in total. The molecule has 1 aliphatic rings. The third kappa shape index (κ3) is 3.52. The summed E-state index contributed by atoms with van der Waals surface area (Å²) in [6.07, 6.45) is 0. The SMILES string of the molecule is COc1ccc(S(N)(=O)=O)cc1NC(=O)[C@@H]1CNC[C@H]1C. The molecule has 1 heterocycles. The predicted molar refractivity (Wildman–Crippen MR) is 78.5 cm³/mol. The van der Waals surface area contributed by atoms with Gasteiger partial charge in [0.05, 0.1) is 23.6 Å². The number of sulfonamides is 1. The topological polar surface area (TPSA) is 111 Å². The number of amides is 1. The van der Waals surface area contributed by atoms with Gasteiger partial charge in [0.2, 0.25) is 15.9 Å². The molecule has 1 amide bonds. The van der Waals surface area contributed by atoms with Crippen molar-refractivity contribution in [2.45, 2.75) is 11.8 Å². The monoisotopic (exact) mass is 313 g/mol. The minimum absolute atomic E-state index is 0.0730. The van der Waals surface area contributed by atoms with Crippen LogP contribution in [0, 0.1) is 11.8 Å². The minimum Gasteiger partial charge on any atom is -0.495 e. The van der Waals surface area contributed by atoms with Crippen LogP contribution in [-0.2, 0) is 14.8 Å². The lowest BCUT2D eigenvalue weighted by Gasteiger charge is -2.16. The maximum atomic E-state index is 12.3. The maximum absolute atomic E-state index is 12.3. The minimum atomic E-state index is -3.84. The van der Waals surface area contributed by atoms with Gasteiger partial charge in [-0.15, -0.1) is 0 Å². The number of anilines is 1. The smallest absolute Gasteiger partial charge is 0.238 e. The Balaban J connectivity index is 2.27. The number of nitrogens with two attached hydrogens (primary N) is 1. The fourth-order valence-corrected chi connectivity index (χ4v) is 2.89. The van der Waals surface area contributed by atoms with Gasteiger partial charge in [-0.05, 0) is 30.7 Å². The molecule has 1 aromatic carbocycles. The molecular formula is C13H19N3O4S. The van der Waals surface area contributed by atoms with Gasteiger partial charge in [0.25, 0.3) is 0 Å². The average molecular weight is 313 g/mol. The van der Waals surface area contributed by atoms with Crippen molar-refractivity contribution in [2.75, 3.05) is 25.5 Å². The van der Waals surface area contributed by atoms with Crippen LogP contribution in [-0.4, -0.2) is 34.5 Å². The third-order valence-electron chi connectivity index (χ3n) is 3.61. The van der Waals surface area contributed by atoms with Gasteiger partial charge in [0.1, 0.15) is 5.75 Å². The largest absolute Gasteiger partial charge is 0.495 e. The average Bonchev–Trinajstić information content (AvgIpc) is 2.84. The molecule has 8 heteroatoms. The van der Waals surface area contributed by atoms with Crippen molar-refractivity contribution >= 4 is 21.6 Å². The van der Waals surface area contributed by atoms with E-state index in [1.54, 1.807) is 0 Å². The molecule has 0 aliphatic carbocycles. The van der Waals surface area contributed by atoms with E-state index in [1.165, 1.54) is 25.3 Å². The number of carbonyl (C=O) groups excluding carboxylic acids is 1. The van der Waals surface area contributed by atoms with Crippen LogP contribution in [0.25, 0.3) is 0 Å². The number of rotatable bonds is 4. The van der Waals surface area contributed by atoms with Crippen LogP contribution in [0.1, 0.15) is 6.92 Å². The van der Waals surface area contributed by atoms with E-state index < -0.39 is 10.0 Å². The second-order valence-corrected chi connectivity index (χ2v) is 6.70. The lowest BCUT2D eigenvalue weighted by Crippen LogP contribution is -2.28. The summed E-state index contributed by atoms with van der Waals surface area (Å²) < 4.78 is 27.9. The van der Waals surface area contributed by atoms with Crippen molar-refractivity contribution in [1.82, 2.24) is 5.32 Å². The molecule has 0 saturated carbocycles. The quantitative estimate of drug-likeness (QED) is 0.732. The van der Waals surface area contributed by atoms with E-state index in [-0.39, 0.29) is 22.6 Å². The molecule has 1 aliphatic heterocycles. The summed E-state index contributed by atoms with van der Waals surface area (Å²) in [5.41, 5.74) is 0.299. The molecule has 116 valence electrons. The van der Waals surface area contributed by atoms with Crippen molar-refractivity contribution in [2.24, 2.45) is 17.0 Å².